The molecule has 4 aromatic carbocycles. The number of hydrazine groups is 1. The molecule has 0 spiro atoms. The molecule has 0 radical (unpaired) electrons. The van der Waals surface area contributed by atoms with Crippen LogP contribution in [0, 0.1) is 12.3 Å². The van der Waals surface area contributed by atoms with Crippen molar-refractivity contribution in [1.29, 1.82) is 0 Å². The molecule has 2 atom stereocenters. The Labute approximate surface area is 312 Å². The number of rotatable bonds is 10. The van der Waals surface area contributed by atoms with Gasteiger partial charge in [0.1, 0.15) is 18.0 Å². The molecule has 2 aliphatic rings. The first-order valence-electron chi connectivity index (χ1n) is 17.7. The van der Waals surface area contributed by atoms with Crippen LogP contribution in [0.3, 0.4) is 0 Å². The molecule has 5 amide bonds. The van der Waals surface area contributed by atoms with Gasteiger partial charge >= 0.3 is 6.03 Å². The van der Waals surface area contributed by atoms with Crippen molar-refractivity contribution in [3.8, 4) is 18.1 Å². The zero-order valence-corrected chi connectivity index (χ0v) is 29.7. The molecule has 0 bridgehead atoms. The van der Waals surface area contributed by atoms with Crippen LogP contribution in [0.15, 0.2) is 97.1 Å². The second kappa shape index (κ2) is 15.5. The van der Waals surface area contributed by atoms with Gasteiger partial charge in [-0.15, -0.1) is 6.42 Å². The highest BCUT2D eigenvalue weighted by atomic mass is 16.3. The lowest BCUT2D eigenvalue weighted by Gasteiger charge is -2.54. The number of terminal acetylenes is 1. The van der Waals surface area contributed by atoms with Crippen molar-refractivity contribution in [2.24, 2.45) is 0 Å². The molecular formula is C41H40N8O5. The summed E-state index contributed by atoms with van der Waals surface area (Å²) in [6.45, 7) is 0.549. The molecule has 0 unspecified atom stereocenters. The van der Waals surface area contributed by atoms with Gasteiger partial charge in [0.25, 0.3) is 5.91 Å². The van der Waals surface area contributed by atoms with Crippen molar-refractivity contribution in [3.63, 3.8) is 0 Å². The van der Waals surface area contributed by atoms with Crippen molar-refractivity contribution in [2.45, 2.75) is 38.1 Å². The SMILES string of the molecule is C#CCNC(=O)c1ccccc1Cc1[nH]nc2c(CN3C[C@H]4N(C(=O)CN(C)N4C(=O)NCc4ccccc4)[C@@H](Cc4ccc(O)cc4)C3=O)cccc12. The molecular weight excluding hydrogens is 685 g/mol. The minimum atomic E-state index is -0.912. The number of nitrogens with zero attached hydrogens (tertiary/aromatic N) is 5. The Morgan fingerprint density at radius 1 is 0.926 bits per heavy atom. The number of aromatic nitrogens is 2. The second-order valence-electron chi connectivity index (χ2n) is 13.4. The molecule has 2 aliphatic heterocycles. The molecule has 13 nitrogen and oxygen atoms in total. The van der Waals surface area contributed by atoms with E-state index in [0.29, 0.717) is 17.5 Å². The number of phenolic OH excluding ortho intramolecular Hbond substituents is 1. The van der Waals surface area contributed by atoms with Gasteiger partial charge < -0.3 is 25.5 Å². The Bertz CT molecular complexity index is 2230. The fraction of sp³-hybridized carbons (Fsp3) is 0.244. The van der Waals surface area contributed by atoms with Gasteiger partial charge in [0, 0.05) is 49.6 Å². The predicted molar refractivity (Wildman–Crippen MR) is 201 cm³/mol. The third-order valence-electron chi connectivity index (χ3n) is 9.89. The number of aromatic amines is 1. The summed E-state index contributed by atoms with van der Waals surface area (Å²) in [4.78, 5) is 58.2. The second-order valence-corrected chi connectivity index (χ2v) is 13.4. The highest BCUT2D eigenvalue weighted by Crippen LogP contribution is 2.31. The van der Waals surface area contributed by atoms with Crippen LogP contribution in [0.1, 0.15) is 38.3 Å². The van der Waals surface area contributed by atoms with Gasteiger partial charge in [-0.1, -0.05) is 84.8 Å². The summed E-state index contributed by atoms with van der Waals surface area (Å²) in [6.07, 6.45) is 5.14. The van der Waals surface area contributed by atoms with E-state index in [0.717, 1.165) is 33.3 Å². The highest BCUT2D eigenvalue weighted by Gasteiger charge is 2.50. The Balaban J connectivity index is 1.19. The number of carbonyl (C=O) groups is 4. The van der Waals surface area contributed by atoms with E-state index in [1.165, 1.54) is 9.91 Å². The van der Waals surface area contributed by atoms with Crippen LogP contribution in [-0.4, -0.2) is 97.8 Å². The molecule has 3 heterocycles. The summed E-state index contributed by atoms with van der Waals surface area (Å²) in [5, 5.41) is 27.4. The van der Waals surface area contributed by atoms with Crippen LogP contribution in [-0.2, 0) is 35.5 Å². The minimum Gasteiger partial charge on any atom is -0.508 e. The number of hydrogen-bond donors (Lipinski definition) is 4. The number of likely N-dealkylation sites (N-methyl/N-ethyl adjacent to an activating group) is 1. The average molecular weight is 725 g/mol. The zero-order chi connectivity index (χ0) is 37.8. The Kier molecular flexibility index (Phi) is 10.3. The lowest BCUT2D eigenvalue weighted by Crippen LogP contribution is -2.76. The number of urea groups is 1. The molecule has 0 aliphatic carbocycles. The van der Waals surface area contributed by atoms with Crippen molar-refractivity contribution >= 4 is 34.7 Å². The zero-order valence-electron chi connectivity index (χ0n) is 29.7. The van der Waals surface area contributed by atoms with Gasteiger partial charge in [-0.3, -0.25) is 19.5 Å². The maximum atomic E-state index is 14.5. The molecule has 7 rings (SSSR count). The third-order valence-corrected chi connectivity index (χ3v) is 9.89. The normalized spacial score (nSPS) is 17.3. The number of phenols is 1. The van der Waals surface area contributed by atoms with Gasteiger partial charge in [0.15, 0.2) is 0 Å². The molecule has 54 heavy (non-hydrogen) atoms. The minimum absolute atomic E-state index is 0.0631. The summed E-state index contributed by atoms with van der Waals surface area (Å²) in [6, 6.07) is 27.8. The number of piperazine rings is 1. The van der Waals surface area contributed by atoms with E-state index in [9.17, 15) is 24.3 Å². The van der Waals surface area contributed by atoms with Gasteiger partial charge in [-0.25, -0.2) is 14.8 Å². The third kappa shape index (κ3) is 7.33. The molecule has 0 saturated carbocycles. The summed E-state index contributed by atoms with van der Waals surface area (Å²) < 4.78 is 0. The van der Waals surface area contributed by atoms with Crippen molar-refractivity contribution in [3.05, 3.63) is 131 Å². The van der Waals surface area contributed by atoms with E-state index in [-0.39, 0.29) is 62.6 Å². The number of amides is 5. The number of H-pyrrole nitrogens is 1. The van der Waals surface area contributed by atoms with E-state index >= 15 is 0 Å². The monoisotopic (exact) mass is 724 g/mol. The molecule has 274 valence electrons. The number of para-hydroxylation sites is 1. The van der Waals surface area contributed by atoms with Crippen LogP contribution < -0.4 is 10.6 Å². The first-order chi connectivity index (χ1) is 26.2. The van der Waals surface area contributed by atoms with Crippen molar-refractivity contribution in [2.75, 3.05) is 26.7 Å². The Hall–Kier alpha value is -6.65. The van der Waals surface area contributed by atoms with Gasteiger partial charge in [0.05, 0.1) is 25.2 Å². The van der Waals surface area contributed by atoms with E-state index in [4.69, 9.17) is 6.42 Å². The summed E-state index contributed by atoms with van der Waals surface area (Å²) in [7, 11) is 1.69. The molecule has 5 aromatic rings. The lowest BCUT2D eigenvalue weighted by molar-refractivity contribution is -0.187. The van der Waals surface area contributed by atoms with Crippen LogP contribution in [0.5, 0.6) is 5.75 Å². The van der Waals surface area contributed by atoms with Gasteiger partial charge in [-0.05, 0) is 40.5 Å². The molecule has 2 saturated heterocycles. The quantitative estimate of drug-likeness (QED) is 0.161. The fourth-order valence-corrected chi connectivity index (χ4v) is 7.29. The molecule has 13 heteroatoms. The van der Waals surface area contributed by atoms with Crippen LogP contribution in [0.4, 0.5) is 4.79 Å². The number of fused-ring (bicyclic) bond motifs is 2. The molecule has 1 aromatic heterocycles. The summed E-state index contributed by atoms with van der Waals surface area (Å²) in [5.41, 5.74) is 5.22. The maximum Gasteiger partial charge on any atom is 0.334 e. The van der Waals surface area contributed by atoms with E-state index < -0.39 is 18.2 Å². The highest BCUT2D eigenvalue weighted by molar-refractivity contribution is 5.96. The van der Waals surface area contributed by atoms with Crippen LogP contribution in [0.2, 0.25) is 0 Å². The maximum absolute atomic E-state index is 14.5. The number of hydrogen-bond acceptors (Lipinski definition) is 7. The Morgan fingerprint density at radius 2 is 1.67 bits per heavy atom. The van der Waals surface area contributed by atoms with E-state index in [1.807, 2.05) is 60.7 Å². The first kappa shape index (κ1) is 35.7. The largest absolute Gasteiger partial charge is 0.508 e. The van der Waals surface area contributed by atoms with Crippen molar-refractivity contribution < 1.29 is 24.3 Å². The van der Waals surface area contributed by atoms with E-state index in [2.05, 4.69) is 26.8 Å². The number of benzene rings is 4. The summed E-state index contributed by atoms with van der Waals surface area (Å²) in [5.74, 6) is 1.73. The Morgan fingerprint density at radius 3 is 2.44 bits per heavy atom. The number of aromatic hydroxyl groups is 1. The predicted octanol–water partition coefficient (Wildman–Crippen LogP) is 3.40. The first-order valence-corrected chi connectivity index (χ1v) is 17.7. The van der Waals surface area contributed by atoms with Crippen LogP contribution >= 0.6 is 0 Å². The lowest BCUT2D eigenvalue weighted by atomic mass is 9.97. The summed E-state index contributed by atoms with van der Waals surface area (Å²) >= 11 is 0. The topological polar surface area (TPSA) is 154 Å². The van der Waals surface area contributed by atoms with Gasteiger partial charge in [-0.2, -0.15) is 5.10 Å². The number of carbonyl (C=O) groups excluding carboxylic acids is 4. The smallest absolute Gasteiger partial charge is 0.334 e. The number of nitrogens with one attached hydrogen (secondary N) is 3. The average Bonchev–Trinajstić information content (AvgIpc) is 3.59. The van der Waals surface area contributed by atoms with Gasteiger partial charge in [0.2, 0.25) is 11.8 Å². The standard InChI is InChI=1S/C41H40N8O5/c1-3-20-42-39(52)32-14-8-7-12-29(32)22-34-33-15-9-13-30(38(33)45-44-34)24-47-25-36-48(35(40(47)53)21-27-16-18-31(50)19-17-27)37(51)26-46(2)49(36)41(54)43-23-28-10-5-4-6-11-28/h1,4-19,35-36,50H,20-26H2,2H3,(H,42,52)(H,43,54)(H,44,45)/t35-,36-/m0/s1. The van der Waals surface area contributed by atoms with Crippen molar-refractivity contribution in [1.82, 2.24) is 40.6 Å². The molecule has 2 fully saturated rings. The van der Waals surface area contributed by atoms with Crippen LogP contribution in [0.25, 0.3) is 10.9 Å². The molecule has 4 N–H and O–H groups in total. The van der Waals surface area contributed by atoms with E-state index in [1.54, 1.807) is 53.4 Å². The fourth-order valence-electron chi connectivity index (χ4n) is 7.29.